The second kappa shape index (κ2) is 9.52. The van der Waals surface area contributed by atoms with Gasteiger partial charge in [-0.05, 0) is 48.9 Å². The summed E-state index contributed by atoms with van der Waals surface area (Å²) in [7, 11) is 0. The summed E-state index contributed by atoms with van der Waals surface area (Å²) in [5, 5.41) is 0. The summed E-state index contributed by atoms with van der Waals surface area (Å²) in [6.45, 7) is 2.09. The van der Waals surface area contributed by atoms with Gasteiger partial charge in [0.05, 0.1) is 30.5 Å². The Hall–Kier alpha value is -4.20. The third-order valence-electron chi connectivity index (χ3n) is 5.32. The predicted octanol–water partition coefficient (Wildman–Crippen LogP) is 3.43. The van der Waals surface area contributed by atoms with Crippen LogP contribution >= 0.6 is 0 Å². The first-order valence-corrected chi connectivity index (χ1v) is 10.5. The Kier molecular flexibility index (Phi) is 6.35. The molecule has 8 heteroatoms. The normalized spacial score (nSPS) is 15.5. The number of imide groups is 1. The summed E-state index contributed by atoms with van der Waals surface area (Å²) >= 11 is 0. The molecule has 1 aromatic heterocycles. The third kappa shape index (κ3) is 4.55. The molecule has 1 aliphatic heterocycles. The summed E-state index contributed by atoms with van der Waals surface area (Å²) in [5.41, 5.74) is 1.45. The van der Waals surface area contributed by atoms with Crippen LogP contribution in [0.3, 0.4) is 0 Å². The van der Waals surface area contributed by atoms with E-state index in [1.54, 1.807) is 13.0 Å². The van der Waals surface area contributed by atoms with E-state index < -0.39 is 29.7 Å². The van der Waals surface area contributed by atoms with Gasteiger partial charge < -0.3 is 14.1 Å². The van der Waals surface area contributed by atoms with Gasteiger partial charge in [0.25, 0.3) is 11.8 Å². The number of amides is 3. The van der Waals surface area contributed by atoms with E-state index >= 15 is 0 Å². The van der Waals surface area contributed by atoms with Crippen LogP contribution in [0.4, 0.5) is 5.69 Å². The molecule has 1 aliphatic rings. The molecule has 2 aromatic carbocycles. The van der Waals surface area contributed by atoms with Crippen LogP contribution in [-0.2, 0) is 20.9 Å². The lowest BCUT2D eigenvalue weighted by molar-refractivity contribution is -0.122. The minimum absolute atomic E-state index is 0.0865. The molecule has 0 radical (unpaired) electrons. The van der Waals surface area contributed by atoms with Crippen molar-refractivity contribution in [3.8, 4) is 0 Å². The molecule has 1 fully saturated rings. The van der Waals surface area contributed by atoms with E-state index in [9.17, 15) is 19.2 Å². The maximum Gasteiger partial charge on any atom is 0.338 e. The van der Waals surface area contributed by atoms with Crippen LogP contribution in [0, 0.1) is 0 Å². The van der Waals surface area contributed by atoms with Gasteiger partial charge in [-0.3, -0.25) is 14.4 Å². The van der Waals surface area contributed by atoms with E-state index in [0.717, 1.165) is 10.5 Å². The highest BCUT2D eigenvalue weighted by Crippen LogP contribution is 2.28. The molecule has 33 heavy (non-hydrogen) atoms. The predicted molar refractivity (Wildman–Crippen MR) is 118 cm³/mol. The maximum atomic E-state index is 13.3. The van der Waals surface area contributed by atoms with Crippen LogP contribution in [0.25, 0.3) is 0 Å². The van der Waals surface area contributed by atoms with Crippen LogP contribution in [0.2, 0.25) is 0 Å². The van der Waals surface area contributed by atoms with E-state index in [1.807, 2.05) is 30.3 Å². The van der Waals surface area contributed by atoms with Crippen LogP contribution in [-0.4, -0.2) is 41.2 Å². The second-order valence-corrected chi connectivity index (χ2v) is 7.45. The largest absolute Gasteiger partial charge is 0.462 e. The Morgan fingerprint density at radius 2 is 1.76 bits per heavy atom. The highest BCUT2D eigenvalue weighted by molar-refractivity contribution is 6.23. The van der Waals surface area contributed by atoms with Gasteiger partial charge in [-0.15, -0.1) is 0 Å². The van der Waals surface area contributed by atoms with Crippen LogP contribution in [0.5, 0.6) is 0 Å². The molecule has 3 aromatic rings. The fourth-order valence-electron chi connectivity index (χ4n) is 3.74. The lowest BCUT2D eigenvalue weighted by atomic mass is 10.1. The Labute approximate surface area is 190 Å². The summed E-state index contributed by atoms with van der Waals surface area (Å²) in [6, 6.07) is 17.4. The standard InChI is InChI=1S/C25H22N2O6/c1-2-32-25(31)18-10-12-19(13-11-18)27-22(28)15-20(23(27)29)26(16-17-7-4-3-5-8-17)24(30)21-9-6-14-33-21/h3-14,20H,2,15-16H2,1H3. The Balaban J connectivity index is 1.61. The first-order chi connectivity index (χ1) is 16.0. The number of esters is 1. The van der Waals surface area contributed by atoms with Crippen molar-refractivity contribution in [2.45, 2.75) is 25.9 Å². The van der Waals surface area contributed by atoms with Crippen LogP contribution < -0.4 is 4.90 Å². The van der Waals surface area contributed by atoms with E-state index in [1.165, 1.54) is 41.5 Å². The molecule has 8 nitrogen and oxygen atoms in total. The van der Waals surface area contributed by atoms with E-state index in [2.05, 4.69) is 0 Å². The number of carbonyl (C=O) groups excluding carboxylic acids is 4. The van der Waals surface area contributed by atoms with Gasteiger partial charge in [0.1, 0.15) is 6.04 Å². The molecule has 0 spiro atoms. The van der Waals surface area contributed by atoms with Crippen molar-refractivity contribution in [2.24, 2.45) is 0 Å². The quantitative estimate of drug-likeness (QED) is 0.407. The fraction of sp³-hybridized carbons (Fsp3) is 0.200. The number of carbonyl (C=O) groups is 4. The molecular weight excluding hydrogens is 424 g/mol. The lowest BCUT2D eigenvalue weighted by Crippen LogP contribution is -2.45. The van der Waals surface area contributed by atoms with Gasteiger partial charge >= 0.3 is 5.97 Å². The van der Waals surface area contributed by atoms with Gasteiger partial charge in [-0.2, -0.15) is 0 Å². The summed E-state index contributed by atoms with van der Waals surface area (Å²) in [6.07, 6.45) is 1.23. The van der Waals surface area contributed by atoms with E-state index in [0.29, 0.717) is 11.3 Å². The van der Waals surface area contributed by atoms with Crippen molar-refractivity contribution >= 4 is 29.4 Å². The molecule has 2 heterocycles. The molecule has 0 bridgehead atoms. The number of hydrogen-bond acceptors (Lipinski definition) is 6. The van der Waals surface area contributed by atoms with Crippen molar-refractivity contribution in [3.05, 3.63) is 89.9 Å². The highest BCUT2D eigenvalue weighted by Gasteiger charge is 2.45. The van der Waals surface area contributed by atoms with Gasteiger partial charge in [0, 0.05) is 6.54 Å². The minimum atomic E-state index is -0.986. The third-order valence-corrected chi connectivity index (χ3v) is 5.32. The zero-order chi connectivity index (χ0) is 23.4. The van der Waals surface area contributed by atoms with Crippen molar-refractivity contribution in [3.63, 3.8) is 0 Å². The zero-order valence-electron chi connectivity index (χ0n) is 18.0. The number of nitrogens with zero attached hydrogens (tertiary/aromatic N) is 2. The molecule has 1 atom stereocenters. The van der Waals surface area contributed by atoms with Crippen molar-refractivity contribution < 1.29 is 28.3 Å². The van der Waals surface area contributed by atoms with Gasteiger partial charge in [-0.25, -0.2) is 9.69 Å². The highest BCUT2D eigenvalue weighted by atomic mass is 16.5. The number of anilines is 1. The molecule has 0 aliphatic carbocycles. The molecule has 0 N–H and O–H groups in total. The molecule has 4 rings (SSSR count). The maximum absolute atomic E-state index is 13.3. The molecule has 1 saturated heterocycles. The van der Waals surface area contributed by atoms with E-state index in [4.69, 9.17) is 9.15 Å². The minimum Gasteiger partial charge on any atom is -0.462 e. The second-order valence-electron chi connectivity index (χ2n) is 7.45. The summed E-state index contributed by atoms with van der Waals surface area (Å²) in [4.78, 5) is 53.6. The molecule has 0 saturated carbocycles. The Morgan fingerprint density at radius 1 is 1.03 bits per heavy atom. The van der Waals surface area contributed by atoms with Crippen molar-refractivity contribution in [1.29, 1.82) is 0 Å². The monoisotopic (exact) mass is 446 g/mol. The first kappa shape index (κ1) is 22.0. The number of benzene rings is 2. The average molecular weight is 446 g/mol. The molecular formula is C25H22N2O6. The van der Waals surface area contributed by atoms with E-state index in [-0.39, 0.29) is 25.3 Å². The van der Waals surface area contributed by atoms with Crippen molar-refractivity contribution in [1.82, 2.24) is 4.90 Å². The van der Waals surface area contributed by atoms with Gasteiger partial charge in [0.15, 0.2) is 5.76 Å². The zero-order valence-corrected chi connectivity index (χ0v) is 18.0. The molecule has 168 valence electrons. The van der Waals surface area contributed by atoms with Crippen molar-refractivity contribution in [2.75, 3.05) is 11.5 Å². The Morgan fingerprint density at radius 3 is 2.39 bits per heavy atom. The molecule has 3 amide bonds. The smallest absolute Gasteiger partial charge is 0.338 e. The number of ether oxygens (including phenoxy) is 1. The molecule has 1 unspecified atom stereocenters. The number of hydrogen-bond donors (Lipinski definition) is 0. The number of furan rings is 1. The SMILES string of the molecule is CCOC(=O)c1ccc(N2C(=O)CC(N(Cc3ccccc3)C(=O)c3ccco3)C2=O)cc1. The lowest BCUT2D eigenvalue weighted by Gasteiger charge is -2.27. The first-order valence-electron chi connectivity index (χ1n) is 10.5. The van der Waals surface area contributed by atoms with Gasteiger partial charge in [0.2, 0.25) is 5.91 Å². The Bertz CT molecular complexity index is 1160. The van der Waals surface area contributed by atoms with Crippen LogP contribution in [0.15, 0.2) is 77.4 Å². The summed E-state index contributed by atoms with van der Waals surface area (Å²) < 4.78 is 10.2. The fourth-order valence-corrected chi connectivity index (χ4v) is 3.74. The summed E-state index contributed by atoms with van der Waals surface area (Å²) in [5.74, 6) is -1.82. The number of rotatable bonds is 7. The average Bonchev–Trinajstić information content (AvgIpc) is 3.46. The van der Waals surface area contributed by atoms with Crippen LogP contribution in [0.1, 0.15) is 39.8 Å². The van der Waals surface area contributed by atoms with Gasteiger partial charge in [-0.1, -0.05) is 30.3 Å². The topological polar surface area (TPSA) is 97.1 Å².